The van der Waals surface area contributed by atoms with Gasteiger partial charge in [-0.25, -0.2) is 0 Å². The molecule has 0 bridgehead atoms. The number of rotatable bonds is 4. The summed E-state index contributed by atoms with van der Waals surface area (Å²) in [4.78, 5) is 26.6. The van der Waals surface area contributed by atoms with Gasteiger partial charge in [-0.15, -0.1) is 0 Å². The van der Waals surface area contributed by atoms with Gasteiger partial charge in [0.25, 0.3) is 0 Å². The van der Waals surface area contributed by atoms with Crippen LogP contribution in [0.4, 0.5) is 0 Å². The summed E-state index contributed by atoms with van der Waals surface area (Å²) in [6.45, 7) is 7.73. The predicted molar refractivity (Wildman–Crippen MR) is 120 cm³/mol. The number of ketones is 2. The van der Waals surface area contributed by atoms with E-state index in [-0.39, 0.29) is 46.7 Å². The van der Waals surface area contributed by atoms with Gasteiger partial charge in [-0.3, -0.25) is 9.59 Å². The van der Waals surface area contributed by atoms with Crippen LogP contribution >= 0.6 is 15.9 Å². The molecule has 1 aromatic carbocycles. The first-order valence-corrected chi connectivity index (χ1v) is 11.5. The molecule has 0 radical (unpaired) electrons. The molecule has 31 heavy (non-hydrogen) atoms. The number of aromatic hydroxyl groups is 1. The minimum absolute atomic E-state index is 0.156. The lowest BCUT2D eigenvalue weighted by atomic mass is 9.58. The van der Waals surface area contributed by atoms with Crippen molar-refractivity contribution in [3.05, 3.63) is 22.2 Å². The van der Waals surface area contributed by atoms with Crippen LogP contribution in [-0.2, 0) is 9.59 Å². The highest BCUT2D eigenvalue weighted by Gasteiger charge is 2.52. The molecule has 2 fully saturated rings. The summed E-state index contributed by atoms with van der Waals surface area (Å²) in [5.74, 6) is -2.95. The molecular weight excluding hydrogens is 464 g/mol. The van der Waals surface area contributed by atoms with Crippen molar-refractivity contribution in [1.29, 1.82) is 0 Å². The number of phenolic OH excluding ortho intramolecular Hbond substituents is 1. The Morgan fingerprint density at radius 3 is 1.81 bits per heavy atom. The van der Waals surface area contributed by atoms with Crippen LogP contribution in [0.3, 0.4) is 0 Å². The van der Waals surface area contributed by atoms with Gasteiger partial charge in [0.15, 0.2) is 11.5 Å². The van der Waals surface area contributed by atoms with Gasteiger partial charge in [0.1, 0.15) is 11.6 Å². The molecule has 0 aromatic heterocycles. The number of carbonyl (C=O) groups is 2. The quantitative estimate of drug-likeness (QED) is 0.582. The van der Waals surface area contributed by atoms with Crippen molar-refractivity contribution in [3.8, 4) is 11.5 Å². The van der Waals surface area contributed by atoms with Crippen LogP contribution in [0.15, 0.2) is 16.6 Å². The van der Waals surface area contributed by atoms with Crippen molar-refractivity contribution >= 4 is 27.5 Å². The third-order valence-electron chi connectivity index (χ3n) is 6.82. The Kier molecular flexibility index (Phi) is 6.63. The molecule has 0 aliphatic heterocycles. The van der Waals surface area contributed by atoms with Crippen LogP contribution < -0.4 is 4.74 Å². The number of carbonyl (C=O) groups excluding carboxylic acids is 2. The highest BCUT2D eigenvalue weighted by Crippen LogP contribution is 2.52. The molecule has 0 heterocycles. The Balaban J connectivity index is 2.18. The molecule has 1 aromatic rings. The van der Waals surface area contributed by atoms with Gasteiger partial charge in [0.2, 0.25) is 0 Å². The molecule has 2 aliphatic rings. The monoisotopic (exact) mass is 496 g/mol. The highest BCUT2D eigenvalue weighted by molar-refractivity contribution is 9.10. The zero-order valence-corrected chi connectivity index (χ0v) is 20.4. The molecule has 0 amide bonds. The number of phenols is 1. The van der Waals surface area contributed by atoms with Crippen LogP contribution in [0.5, 0.6) is 11.5 Å². The van der Waals surface area contributed by atoms with Gasteiger partial charge in [0.05, 0.1) is 31.2 Å². The zero-order valence-electron chi connectivity index (χ0n) is 18.8. The molecule has 172 valence electrons. The lowest BCUT2D eigenvalue weighted by Crippen LogP contribution is -2.51. The molecule has 3 rings (SSSR count). The van der Waals surface area contributed by atoms with E-state index < -0.39 is 30.0 Å². The molecule has 1 unspecified atom stereocenters. The van der Waals surface area contributed by atoms with Gasteiger partial charge in [-0.1, -0.05) is 43.6 Å². The standard InChI is InChI=1S/C24H33BrO6/c1-23(2)8-14(26)20(15(27)9-23)19(13-6-12(25)7-18(31-5)22(13)30)21-16(28)10-24(3,4)11-17(21)29/h6-7,14,16,19-21,26,28,30H,8-11H2,1-5H3/t14-,16+,19?,20-,21+. The fourth-order valence-electron chi connectivity index (χ4n) is 5.63. The summed E-state index contributed by atoms with van der Waals surface area (Å²) in [6, 6.07) is 3.25. The first-order valence-electron chi connectivity index (χ1n) is 10.7. The van der Waals surface area contributed by atoms with Crippen LogP contribution in [-0.4, -0.2) is 46.2 Å². The van der Waals surface area contributed by atoms with E-state index >= 15 is 0 Å². The minimum atomic E-state index is -0.986. The summed E-state index contributed by atoms with van der Waals surface area (Å²) in [7, 11) is 1.42. The first-order chi connectivity index (χ1) is 14.3. The van der Waals surface area contributed by atoms with Gasteiger partial charge < -0.3 is 20.1 Å². The van der Waals surface area contributed by atoms with Crippen molar-refractivity contribution in [1.82, 2.24) is 0 Å². The molecule has 2 aliphatic carbocycles. The summed E-state index contributed by atoms with van der Waals surface area (Å²) in [5.41, 5.74) is -0.377. The number of methoxy groups -OCH3 is 1. The number of benzene rings is 1. The van der Waals surface area contributed by atoms with Crippen molar-refractivity contribution in [2.24, 2.45) is 22.7 Å². The third-order valence-corrected chi connectivity index (χ3v) is 7.28. The van der Waals surface area contributed by atoms with Crippen molar-refractivity contribution in [2.75, 3.05) is 7.11 Å². The molecule has 2 saturated carbocycles. The topological polar surface area (TPSA) is 104 Å². The Bertz CT molecular complexity index is 835. The maximum absolute atomic E-state index is 13.3. The fourth-order valence-corrected chi connectivity index (χ4v) is 6.09. The second kappa shape index (κ2) is 8.49. The summed E-state index contributed by atoms with van der Waals surface area (Å²) < 4.78 is 5.90. The van der Waals surface area contributed by atoms with Crippen molar-refractivity contribution in [3.63, 3.8) is 0 Å². The van der Waals surface area contributed by atoms with E-state index in [4.69, 9.17) is 4.74 Å². The lowest BCUT2D eigenvalue weighted by molar-refractivity contribution is -0.144. The Morgan fingerprint density at radius 2 is 1.42 bits per heavy atom. The summed E-state index contributed by atoms with van der Waals surface area (Å²) in [5, 5.41) is 33.1. The molecule has 5 atom stereocenters. The minimum Gasteiger partial charge on any atom is -0.504 e. The van der Waals surface area contributed by atoms with Gasteiger partial charge in [-0.05, 0) is 35.8 Å². The lowest BCUT2D eigenvalue weighted by Gasteiger charge is -2.46. The summed E-state index contributed by atoms with van der Waals surface area (Å²) >= 11 is 3.42. The van der Waals surface area contributed by atoms with Crippen molar-refractivity contribution < 1.29 is 29.6 Å². The zero-order chi connectivity index (χ0) is 23.3. The van der Waals surface area contributed by atoms with Crippen LogP contribution in [0.2, 0.25) is 0 Å². The highest BCUT2D eigenvalue weighted by atomic mass is 79.9. The number of hydrogen-bond acceptors (Lipinski definition) is 6. The molecule has 7 heteroatoms. The Morgan fingerprint density at radius 1 is 0.968 bits per heavy atom. The van der Waals surface area contributed by atoms with E-state index in [1.54, 1.807) is 12.1 Å². The van der Waals surface area contributed by atoms with Crippen LogP contribution in [0.1, 0.15) is 64.9 Å². The SMILES string of the molecule is COc1cc(Br)cc(C([C@H]2C(=O)CC(C)(C)C[C@H]2O)[C@@H]2C(=O)CC(C)(C)C[C@@H]2O)c1O. The van der Waals surface area contributed by atoms with Crippen LogP contribution in [0.25, 0.3) is 0 Å². The van der Waals surface area contributed by atoms with E-state index in [9.17, 15) is 24.9 Å². The average molecular weight is 497 g/mol. The normalized spacial score (nSPS) is 31.4. The summed E-state index contributed by atoms with van der Waals surface area (Å²) in [6.07, 6.45) is -0.650. The van der Waals surface area contributed by atoms with E-state index in [2.05, 4.69) is 15.9 Å². The van der Waals surface area contributed by atoms with E-state index in [0.29, 0.717) is 22.9 Å². The number of hydrogen-bond donors (Lipinski definition) is 3. The molecule has 0 spiro atoms. The van der Waals surface area contributed by atoms with Crippen molar-refractivity contribution in [2.45, 2.75) is 71.5 Å². The largest absolute Gasteiger partial charge is 0.504 e. The maximum atomic E-state index is 13.3. The smallest absolute Gasteiger partial charge is 0.161 e. The van der Waals surface area contributed by atoms with Gasteiger partial charge in [-0.2, -0.15) is 0 Å². The maximum Gasteiger partial charge on any atom is 0.161 e. The molecule has 6 nitrogen and oxygen atoms in total. The first kappa shape index (κ1) is 24.2. The Labute approximate surface area is 192 Å². The Hall–Kier alpha value is -1.44. The number of aliphatic hydroxyl groups is 2. The molecule has 0 saturated heterocycles. The van der Waals surface area contributed by atoms with Gasteiger partial charge in [0, 0.05) is 28.8 Å². The molecular formula is C24H33BrO6. The number of halogens is 1. The third kappa shape index (κ3) is 4.83. The number of ether oxygens (including phenoxy) is 1. The predicted octanol–water partition coefficient (Wildman–Crippen LogP) is 3.98. The van der Waals surface area contributed by atoms with Crippen LogP contribution in [0, 0.1) is 22.7 Å². The number of aliphatic hydroxyl groups excluding tert-OH is 2. The average Bonchev–Trinajstić information content (AvgIpc) is 2.58. The second-order valence-electron chi connectivity index (χ2n) is 10.8. The van der Waals surface area contributed by atoms with E-state index in [0.717, 1.165) is 0 Å². The van der Waals surface area contributed by atoms with E-state index in [1.807, 2.05) is 27.7 Å². The fraction of sp³-hybridized carbons (Fsp3) is 0.667. The van der Waals surface area contributed by atoms with Gasteiger partial charge >= 0.3 is 0 Å². The molecule has 3 N–H and O–H groups in total. The number of Topliss-reactive ketones (excluding diaryl/α,β-unsaturated/α-hetero) is 2. The second-order valence-corrected chi connectivity index (χ2v) is 11.7. The van der Waals surface area contributed by atoms with E-state index in [1.165, 1.54) is 7.11 Å².